The average Bonchev–Trinajstić information content (AvgIpc) is 3.03. The molecule has 0 aliphatic carbocycles. The number of aliphatic imine (C=N–C) groups is 2. The third-order valence-electron chi connectivity index (χ3n) is 6.62. The van der Waals surface area contributed by atoms with Crippen molar-refractivity contribution in [3.63, 3.8) is 0 Å². The molecule has 6 heteroatoms. The Labute approximate surface area is 231 Å². The topological polar surface area (TPSA) is 76.3 Å². The second-order valence-electron chi connectivity index (χ2n) is 9.20. The van der Waals surface area contributed by atoms with E-state index in [-0.39, 0.29) is 0 Å². The number of hydrogen-bond donors (Lipinski definition) is 0. The summed E-state index contributed by atoms with van der Waals surface area (Å²) in [6.07, 6.45) is 3.55. The minimum atomic E-state index is 0.749. The van der Waals surface area contributed by atoms with E-state index < -0.39 is 0 Å². The maximum absolute atomic E-state index is 5.21. The Morgan fingerprint density at radius 3 is 1.18 bits per heavy atom. The number of fused-ring (bicyclic) bond motifs is 2. The van der Waals surface area contributed by atoms with Gasteiger partial charge in [-0.2, -0.15) is 0 Å². The van der Waals surface area contributed by atoms with Crippen molar-refractivity contribution in [2.45, 2.75) is 0 Å². The number of aromatic nitrogens is 4. The largest absolute Gasteiger partial charge is 0.255 e. The standard InChI is InChI=1S/C34H22N6/c1-3-13-25-23(11-1)33(31-19-9-17-29(37-31)27-15-5-7-21-35-27)40-26-14-4-2-12-24(26)34(39-25)32-20-10-18-30(38-32)28-16-6-8-22-36-28/h1-22H. The summed E-state index contributed by atoms with van der Waals surface area (Å²) in [7, 11) is 0. The molecule has 7 rings (SSSR count). The molecule has 6 aromatic rings. The summed E-state index contributed by atoms with van der Waals surface area (Å²) in [5, 5.41) is 0. The molecule has 5 heterocycles. The maximum Gasteiger partial charge on any atom is 0.0987 e. The lowest BCUT2D eigenvalue weighted by Gasteiger charge is -2.17. The second-order valence-corrected chi connectivity index (χ2v) is 9.20. The van der Waals surface area contributed by atoms with Crippen molar-refractivity contribution in [3.8, 4) is 22.8 Å². The second kappa shape index (κ2) is 10.3. The normalized spacial score (nSPS) is 12.3. The van der Waals surface area contributed by atoms with Crippen molar-refractivity contribution in [3.05, 3.63) is 156 Å². The summed E-state index contributed by atoms with van der Waals surface area (Å²) in [5.74, 6) is 0. The van der Waals surface area contributed by atoms with E-state index in [1.807, 2.05) is 121 Å². The van der Waals surface area contributed by atoms with Gasteiger partial charge in [-0.15, -0.1) is 0 Å². The van der Waals surface area contributed by atoms with E-state index in [0.29, 0.717) is 0 Å². The number of pyridine rings is 4. The van der Waals surface area contributed by atoms with Gasteiger partial charge in [0.2, 0.25) is 0 Å². The highest BCUT2D eigenvalue weighted by Crippen LogP contribution is 2.33. The molecule has 0 atom stereocenters. The number of nitrogens with zero attached hydrogens (tertiary/aromatic N) is 6. The molecule has 1 aliphatic heterocycles. The van der Waals surface area contributed by atoms with Crippen LogP contribution < -0.4 is 0 Å². The summed E-state index contributed by atoms with van der Waals surface area (Å²) in [6, 6.07) is 39.6. The van der Waals surface area contributed by atoms with Crippen molar-refractivity contribution in [1.29, 1.82) is 0 Å². The molecular formula is C34H22N6. The van der Waals surface area contributed by atoms with Crippen LogP contribution in [0, 0.1) is 0 Å². The van der Waals surface area contributed by atoms with Crippen LogP contribution in [-0.2, 0) is 0 Å². The van der Waals surface area contributed by atoms with Crippen molar-refractivity contribution in [1.82, 2.24) is 19.9 Å². The van der Waals surface area contributed by atoms with Crippen molar-refractivity contribution in [2.24, 2.45) is 9.98 Å². The zero-order valence-electron chi connectivity index (χ0n) is 21.4. The van der Waals surface area contributed by atoms with Gasteiger partial charge >= 0.3 is 0 Å². The minimum Gasteiger partial charge on any atom is -0.255 e. The highest BCUT2D eigenvalue weighted by Gasteiger charge is 2.21. The summed E-state index contributed by atoms with van der Waals surface area (Å²) in [6.45, 7) is 0. The van der Waals surface area contributed by atoms with E-state index in [2.05, 4.69) is 9.97 Å². The molecule has 2 aromatic carbocycles. The Morgan fingerprint density at radius 1 is 0.325 bits per heavy atom. The molecule has 0 unspecified atom stereocenters. The lowest BCUT2D eigenvalue weighted by atomic mass is 9.99. The summed E-state index contributed by atoms with van der Waals surface area (Å²) in [5.41, 5.74) is 9.55. The molecule has 188 valence electrons. The lowest BCUT2D eigenvalue weighted by Crippen LogP contribution is -2.12. The predicted molar refractivity (Wildman–Crippen MR) is 158 cm³/mol. The fourth-order valence-electron chi connectivity index (χ4n) is 4.74. The number of rotatable bonds is 4. The quantitative estimate of drug-likeness (QED) is 0.248. The first-order chi connectivity index (χ1) is 19.8. The minimum absolute atomic E-state index is 0.749. The van der Waals surface area contributed by atoms with Gasteiger partial charge in [0.25, 0.3) is 0 Å². The first-order valence-corrected chi connectivity index (χ1v) is 13.0. The molecule has 0 bridgehead atoms. The first-order valence-electron chi connectivity index (χ1n) is 13.0. The molecule has 4 aromatic heterocycles. The Balaban J connectivity index is 1.41. The van der Waals surface area contributed by atoms with Gasteiger partial charge in [-0.1, -0.05) is 60.7 Å². The predicted octanol–water partition coefficient (Wildman–Crippen LogP) is 7.25. The Bertz CT molecular complexity index is 1750. The van der Waals surface area contributed by atoms with Gasteiger partial charge in [-0.3, -0.25) is 9.97 Å². The molecular weight excluding hydrogens is 492 g/mol. The Morgan fingerprint density at radius 2 is 0.725 bits per heavy atom. The number of para-hydroxylation sites is 2. The number of benzene rings is 2. The Kier molecular flexibility index (Phi) is 6.03. The molecule has 0 fully saturated rings. The van der Waals surface area contributed by atoms with E-state index in [9.17, 15) is 0 Å². The summed E-state index contributed by atoms with van der Waals surface area (Å²) in [4.78, 5) is 29.3. The van der Waals surface area contributed by atoms with Gasteiger partial charge in [0.15, 0.2) is 0 Å². The maximum atomic E-state index is 5.21. The molecule has 0 amide bonds. The van der Waals surface area contributed by atoms with Crippen LogP contribution >= 0.6 is 0 Å². The van der Waals surface area contributed by atoms with Crippen LogP contribution in [-0.4, -0.2) is 31.4 Å². The highest BCUT2D eigenvalue weighted by atomic mass is 14.9. The SMILES string of the molecule is c1ccc(-c2cccc(C3=Nc4ccccc4C(c4cccc(-c5ccccn5)n4)=Nc4ccccc43)n2)nc1. The van der Waals surface area contributed by atoms with Crippen molar-refractivity contribution >= 4 is 22.8 Å². The van der Waals surface area contributed by atoms with Crippen LogP contribution in [0.25, 0.3) is 22.8 Å². The van der Waals surface area contributed by atoms with Gasteiger partial charge in [0.1, 0.15) is 0 Å². The molecule has 0 N–H and O–H groups in total. The molecule has 0 radical (unpaired) electrons. The van der Waals surface area contributed by atoms with Crippen LogP contribution in [0.3, 0.4) is 0 Å². The summed E-state index contributed by atoms with van der Waals surface area (Å²) >= 11 is 0. The third-order valence-corrected chi connectivity index (χ3v) is 6.62. The van der Waals surface area contributed by atoms with Gasteiger partial charge in [-0.05, 0) is 60.7 Å². The van der Waals surface area contributed by atoms with Crippen LogP contribution in [0.15, 0.2) is 144 Å². The highest BCUT2D eigenvalue weighted by molar-refractivity contribution is 6.21. The van der Waals surface area contributed by atoms with Crippen LogP contribution in [0.4, 0.5) is 11.4 Å². The fraction of sp³-hybridized carbons (Fsp3) is 0. The van der Waals surface area contributed by atoms with Crippen LogP contribution in [0.2, 0.25) is 0 Å². The van der Waals surface area contributed by atoms with Crippen molar-refractivity contribution in [2.75, 3.05) is 0 Å². The van der Waals surface area contributed by atoms with Crippen LogP contribution in [0.1, 0.15) is 22.5 Å². The molecule has 0 saturated carbocycles. The molecule has 40 heavy (non-hydrogen) atoms. The zero-order valence-corrected chi connectivity index (χ0v) is 21.4. The first kappa shape index (κ1) is 23.5. The summed E-state index contributed by atoms with van der Waals surface area (Å²) < 4.78 is 0. The monoisotopic (exact) mass is 514 g/mol. The van der Waals surface area contributed by atoms with Crippen molar-refractivity contribution < 1.29 is 0 Å². The fourth-order valence-corrected chi connectivity index (χ4v) is 4.74. The molecule has 0 spiro atoms. The van der Waals surface area contributed by atoms with Gasteiger partial charge in [0, 0.05) is 23.5 Å². The van der Waals surface area contributed by atoms with Gasteiger partial charge < -0.3 is 0 Å². The Hall–Kier alpha value is -5.62. The molecule has 6 nitrogen and oxygen atoms in total. The smallest absolute Gasteiger partial charge is 0.0987 e. The van der Waals surface area contributed by atoms with E-state index >= 15 is 0 Å². The van der Waals surface area contributed by atoms with E-state index in [0.717, 1.165) is 68.1 Å². The third kappa shape index (κ3) is 4.48. The lowest BCUT2D eigenvalue weighted by molar-refractivity contribution is 1.22. The van der Waals surface area contributed by atoms with E-state index in [4.69, 9.17) is 20.0 Å². The van der Waals surface area contributed by atoms with E-state index in [1.165, 1.54) is 0 Å². The van der Waals surface area contributed by atoms with Gasteiger partial charge in [0.05, 0.1) is 57.0 Å². The van der Waals surface area contributed by atoms with Gasteiger partial charge in [-0.25, -0.2) is 20.0 Å². The van der Waals surface area contributed by atoms with Crippen LogP contribution in [0.5, 0.6) is 0 Å². The zero-order chi connectivity index (χ0) is 26.7. The molecule has 0 saturated heterocycles. The molecule has 1 aliphatic rings. The average molecular weight is 515 g/mol. The number of hydrogen-bond acceptors (Lipinski definition) is 6. The van der Waals surface area contributed by atoms with E-state index in [1.54, 1.807) is 12.4 Å².